The molecule has 0 bridgehead atoms. The van der Waals surface area contributed by atoms with E-state index < -0.39 is 13.9 Å². The van der Waals surface area contributed by atoms with Gasteiger partial charge in [-0.15, -0.1) is 0 Å². The second kappa shape index (κ2) is 26.6. The van der Waals surface area contributed by atoms with Crippen molar-refractivity contribution in [3.63, 3.8) is 0 Å². The highest BCUT2D eigenvalue weighted by molar-refractivity contribution is 7.45. The Labute approximate surface area is 252 Å². The summed E-state index contributed by atoms with van der Waals surface area (Å²) in [6, 6.07) is 0. The van der Waals surface area contributed by atoms with Crippen molar-refractivity contribution >= 4 is 13.8 Å². The largest absolute Gasteiger partial charge is 0.756 e. The number of quaternary nitrogens is 1. The molecule has 0 aliphatic carbocycles. The molecule has 0 aromatic carbocycles. The van der Waals surface area contributed by atoms with Crippen molar-refractivity contribution < 1.29 is 37.3 Å². The summed E-state index contributed by atoms with van der Waals surface area (Å²) < 4.78 is 34.1. The molecular formula is C32H62NO7P. The molecule has 0 radical (unpaired) electrons. The van der Waals surface area contributed by atoms with Gasteiger partial charge in [0.25, 0.3) is 7.82 Å². The van der Waals surface area contributed by atoms with Crippen LogP contribution in [0.4, 0.5) is 0 Å². The molecule has 9 heteroatoms. The molecule has 0 spiro atoms. The topological polar surface area (TPSA) is 94.1 Å². The van der Waals surface area contributed by atoms with Crippen LogP contribution in [0.15, 0.2) is 24.3 Å². The summed E-state index contributed by atoms with van der Waals surface area (Å²) in [7, 11) is 1.34. The molecule has 8 nitrogen and oxygen atoms in total. The van der Waals surface area contributed by atoms with Crippen LogP contribution >= 0.6 is 7.82 Å². The van der Waals surface area contributed by atoms with E-state index in [0.29, 0.717) is 24.1 Å². The third kappa shape index (κ3) is 30.2. The van der Waals surface area contributed by atoms with Gasteiger partial charge < -0.3 is 27.9 Å². The standard InChI is InChI=1S/C32H62NO7P/c1-6-8-10-12-14-15-16-17-18-19-20-21-23-25-32(34)40-31(29-37-27-24-22-13-11-9-7-2)30-39-41(35,36)38-28-26-33(3,4)5/h10,12,15-16,31H,6-9,11,13-14,17-30H2,1-5H3/b12-10-,16-15-. The van der Waals surface area contributed by atoms with Crippen molar-refractivity contribution in [2.24, 2.45) is 0 Å². The zero-order valence-electron chi connectivity index (χ0n) is 27.0. The fraction of sp³-hybridized carbons (Fsp3) is 0.844. The first-order valence-corrected chi connectivity index (χ1v) is 17.5. The first kappa shape index (κ1) is 40.0. The lowest BCUT2D eigenvalue weighted by Crippen LogP contribution is -2.37. The minimum atomic E-state index is -4.50. The van der Waals surface area contributed by atoms with E-state index in [1.54, 1.807) is 0 Å². The quantitative estimate of drug-likeness (QED) is 0.0287. The van der Waals surface area contributed by atoms with Crippen molar-refractivity contribution in [1.82, 2.24) is 0 Å². The normalized spacial score (nSPS) is 14.6. The van der Waals surface area contributed by atoms with E-state index in [-0.39, 0.29) is 25.8 Å². The van der Waals surface area contributed by atoms with E-state index in [4.69, 9.17) is 18.5 Å². The third-order valence-corrected chi connectivity index (χ3v) is 7.45. The molecule has 0 saturated carbocycles. The highest BCUT2D eigenvalue weighted by atomic mass is 31.2. The zero-order chi connectivity index (χ0) is 30.7. The molecule has 0 aromatic heterocycles. The molecule has 0 aliphatic rings. The number of likely N-dealkylation sites (N-methyl/N-ethyl adjacent to an activating group) is 1. The maximum atomic E-state index is 12.5. The Morgan fingerprint density at radius 3 is 2.07 bits per heavy atom. The number of phosphoric ester groups is 1. The Balaban J connectivity index is 4.35. The van der Waals surface area contributed by atoms with Crippen LogP contribution in [0.2, 0.25) is 0 Å². The van der Waals surface area contributed by atoms with Gasteiger partial charge in [-0.3, -0.25) is 9.36 Å². The number of carbonyl (C=O) groups is 1. The van der Waals surface area contributed by atoms with Gasteiger partial charge in [-0.25, -0.2) is 0 Å². The molecule has 0 saturated heterocycles. The van der Waals surface area contributed by atoms with Gasteiger partial charge in [-0.2, -0.15) is 0 Å². The van der Waals surface area contributed by atoms with Crippen LogP contribution in [0, 0.1) is 0 Å². The summed E-state index contributed by atoms with van der Waals surface area (Å²) in [5.74, 6) is -0.354. The Bertz CT molecular complexity index is 721. The van der Waals surface area contributed by atoms with E-state index >= 15 is 0 Å². The summed E-state index contributed by atoms with van der Waals surface area (Å²) in [4.78, 5) is 24.7. The van der Waals surface area contributed by atoms with Crippen LogP contribution in [0.1, 0.15) is 117 Å². The van der Waals surface area contributed by atoms with Gasteiger partial charge >= 0.3 is 5.97 Å². The van der Waals surface area contributed by atoms with Gasteiger partial charge in [0.2, 0.25) is 0 Å². The Hall–Kier alpha value is -1.02. The number of ether oxygens (including phenoxy) is 2. The Kier molecular flexibility index (Phi) is 25.9. The van der Waals surface area contributed by atoms with Gasteiger partial charge in [0.1, 0.15) is 19.3 Å². The summed E-state index contributed by atoms with van der Waals surface area (Å²) in [6.45, 7) is 5.25. The van der Waals surface area contributed by atoms with Gasteiger partial charge in [-0.05, 0) is 38.5 Å². The van der Waals surface area contributed by atoms with E-state index in [1.807, 2.05) is 21.1 Å². The molecule has 0 rings (SSSR count). The van der Waals surface area contributed by atoms with Crippen molar-refractivity contribution in [2.45, 2.75) is 123 Å². The lowest BCUT2D eigenvalue weighted by Gasteiger charge is -2.28. The highest BCUT2D eigenvalue weighted by Gasteiger charge is 2.20. The molecular weight excluding hydrogens is 541 g/mol. The van der Waals surface area contributed by atoms with E-state index in [0.717, 1.165) is 64.2 Å². The van der Waals surface area contributed by atoms with Gasteiger partial charge in [0.05, 0.1) is 34.4 Å². The number of allylic oxidation sites excluding steroid dienone is 4. The minimum Gasteiger partial charge on any atom is -0.756 e. The van der Waals surface area contributed by atoms with Crippen molar-refractivity contribution in [1.29, 1.82) is 0 Å². The van der Waals surface area contributed by atoms with Gasteiger partial charge in [0, 0.05) is 13.0 Å². The Morgan fingerprint density at radius 2 is 1.39 bits per heavy atom. The fourth-order valence-electron chi connectivity index (χ4n) is 3.93. The lowest BCUT2D eigenvalue weighted by atomic mass is 10.1. The molecule has 242 valence electrons. The van der Waals surface area contributed by atoms with E-state index in [9.17, 15) is 14.3 Å². The number of carbonyl (C=O) groups excluding carboxylic acids is 1. The van der Waals surface area contributed by atoms with E-state index in [2.05, 4.69) is 38.2 Å². The smallest absolute Gasteiger partial charge is 0.306 e. The number of hydrogen-bond donors (Lipinski definition) is 0. The maximum absolute atomic E-state index is 12.5. The van der Waals surface area contributed by atoms with Crippen LogP contribution in [0.25, 0.3) is 0 Å². The maximum Gasteiger partial charge on any atom is 0.306 e. The van der Waals surface area contributed by atoms with Crippen LogP contribution in [-0.2, 0) is 27.9 Å². The van der Waals surface area contributed by atoms with Crippen LogP contribution < -0.4 is 4.89 Å². The number of nitrogens with zero attached hydrogens (tertiary/aromatic N) is 1. The predicted molar refractivity (Wildman–Crippen MR) is 167 cm³/mol. The molecule has 41 heavy (non-hydrogen) atoms. The summed E-state index contributed by atoms with van der Waals surface area (Å²) >= 11 is 0. The molecule has 0 aliphatic heterocycles. The minimum absolute atomic E-state index is 0.0238. The average Bonchev–Trinajstić information content (AvgIpc) is 2.90. The number of rotatable bonds is 29. The van der Waals surface area contributed by atoms with Gasteiger partial charge in [-0.1, -0.05) is 95.9 Å². The number of esters is 1. The molecule has 0 N–H and O–H groups in total. The second-order valence-electron chi connectivity index (χ2n) is 11.8. The number of phosphoric acid groups is 1. The van der Waals surface area contributed by atoms with Crippen molar-refractivity contribution in [3.05, 3.63) is 24.3 Å². The Morgan fingerprint density at radius 1 is 0.756 bits per heavy atom. The number of hydrogen-bond acceptors (Lipinski definition) is 7. The van der Waals surface area contributed by atoms with Gasteiger partial charge in [0.15, 0.2) is 0 Å². The summed E-state index contributed by atoms with van der Waals surface area (Å²) in [5, 5.41) is 0. The SMILES string of the molecule is CCC/C=C\C/C=C\CCCCCCCC(=O)OC(COCCCCCCCC)COP(=O)([O-])OCC[N+](C)(C)C. The first-order chi connectivity index (χ1) is 19.6. The van der Waals surface area contributed by atoms with Crippen molar-refractivity contribution in [3.8, 4) is 0 Å². The molecule has 0 aromatic rings. The molecule has 2 unspecified atom stereocenters. The van der Waals surface area contributed by atoms with Crippen LogP contribution in [-0.4, -0.2) is 70.7 Å². The zero-order valence-corrected chi connectivity index (χ0v) is 27.9. The highest BCUT2D eigenvalue weighted by Crippen LogP contribution is 2.38. The summed E-state index contributed by atoms with van der Waals surface area (Å²) in [5.41, 5.74) is 0. The van der Waals surface area contributed by atoms with E-state index in [1.165, 1.54) is 32.1 Å². The van der Waals surface area contributed by atoms with Crippen LogP contribution in [0.3, 0.4) is 0 Å². The monoisotopic (exact) mass is 603 g/mol. The molecule has 2 atom stereocenters. The molecule has 0 amide bonds. The summed E-state index contributed by atoms with van der Waals surface area (Å²) in [6.07, 6.45) is 24.8. The van der Waals surface area contributed by atoms with Crippen molar-refractivity contribution in [2.75, 3.05) is 54.1 Å². The fourth-order valence-corrected chi connectivity index (χ4v) is 4.66. The first-order valence-electron chi connectivity index (χ1n) is 16.1. The third-order valence-electron chi connectivity index (χ3n) is 6.49. The predicted octanol–water partition coefficient (Wildman–Crippen LogP) is 7.52. The molecule has 0 fully saturated rings. The van der Waals surface area contributed by atoms with Crippen LogP contribution in [0.5, 0.6) is 0 Å². The average molecular weight is 604 g/mol. The number of unbranched alkanes of at least 4 members (excludes halogenated alkanes) is 11. The lowest BCUT2D eigenvalue weighted by molar-refractivity contribution is -0.870. The molecule has 0 heterocycles. The second-order valence-corrected chi connectivity index (χ2v) is 13.2.